The number of hydrogen-bond donors (Lipinski definition) is 0. The monoisotopic (exact) mass is 616 g/mol. The predicted octanol–water partition coefficient (Wildman–Crippen LogP) is 12.1. The van der Waals surface area contributed by atoms with Crippen molar-refractivity contribution >= 4 is 0 Å². The summed E-state index contributed by atoms with van der Waals surface area (Å²) in [5.74, 6) is -2.74. The third kappa shape index (κ3) is 6.07. The number of quaternary nitrogens is 1. The largest absolute Gasteiger partial charge is 0.419 e. The van der Waals surface area contributed by atoms with E-state index in [0.717, 1.165) is 69.8 Å². The van der Waals surface area contributed by atoms with Crippen LogP contribution in [-0.4, -0.2) is 17.1 Å². The van der Waals surface area contributed by atoms with Crippen LogP contribution < -0.4 is 0 Å². The van der Waals surface area contributed by atoms with E-state index < -0.39 is 52.4 Å². The smallest absolute Gasteiger partial charge is 0.285 e. The molecule has 0 bridgehead atoms. The van der Waals surface area contributed by atoms with Gasteiger partial charge >= 0.3 is 12.4 Å². The first-order valence-corrected chi connectivity index (χ1v) is 16.5. The lowest BCUT2D eigenvalue weighted by atomic mass is 9.60. The molecule has 1 saturated carbocycles. The minimum absolute atomic E-state index is 0.0434. The summed E-state index contributed by atoms with van der Waals surface area (Å²) in [6, 6.07) is -0.747. The van der Waals surface area contributed by atoms with E-state index in [2.05, 4.69) is 19.2 Å². The van der Waals surface area contributed by atoms with E-state index in [1.54, 1.807) is 0 Å². The number of allylic oxidation sites excluding steroid dienone is 2. The molecule has 4 atom stereocenters. The van der Waals surface area contributed by atoms with Gasteiger partial charge in [0.15, 0.2) is 0 Å². The normalized spacial score (nSPS) is 27.2. The SMILES string of the molecule is CCCCCCCCC1=CC2c3c(C)c(C(F)(F)F)c(F)c(C(F)(F)F)c3C(CCCC)C(CCC)(C3CC3)[N+]2(C)C=C1. The standard InChI is InChI=1S/C35H49F7N/c1-6-9-11-12-13-14-15-24-19-21-43(5)27(22-24)28-23(4)30(34(37,38)39)32(36)31(35(40,41)42)29(28)26(16-10-7-2)33(43,20-8-3)25-17-18-25/h19,21-22,25-27H,6-18,20H2,1-5H3/q+1. The molecule has 3 aliphatic rings. The van der Waals surface area contributed by atoms with E-state index >= 15 is 4.39 Å². The van der Waals surface area contributed by atoms with Crippen molar-refractivity contribution in [1.29, 1.82) is 0 Å². The minimum atomic E-state index is -5.26. The fourth-order valence-electron chi connectivity index (χ4n) is 8.69. The fourth-order valence-corrected chi connectivity index (χ4v) is 8.69. The molecule has 0 amide bonds. The molecule has 0 aromatic heterocycles. The van der Waals surface area contributed by atoms with Gasteiger partial charge in [-0.3, -0.25) is 4.48 Å². The van der Waals surface area contributed by atoms with Gasteiger partial charge in [-0.05, 0) is 67.9 Å². The molecular weight excluding hydrogens is 567 g/mol. The highest BCUT2D eigenvalue weighted by molar-refractivity contribution is 5.56. The van der Waals surface area contributed by atoms with Gasteiger partial charge < -0.3 is 0 Å². The summed E-state index contributed by atoms with van der Waals surface area (Å²) in [5, 5.41) is 0. The van der Waals surface area contributed by atoms with Gasteiger partial charge in [-0.15, -0.1) is 0 Å². The zero-order valence-electron chi connectivity index (χ0n) is 26.5. The molecule has 1 nitrogen and oxygen atoms in total. The molecular formula is C35H49F7N+. The Hall–Kier alpha value is -1.83. The van der Waals surface area contributed by atoms with Gasteiger partial charge in [-0.25, -0.2) is 4.39 Å². The first kappa shape index (κ1) is 34.1. The molecule has 8 heteroatoms. The average Bonchev–Trinajstić information content (AvgIpc) is 3.75. The second-order valence-corrected chi connectivity index (χ2v) is 13.4. The van der Waals surface area contributed by atoms with Crippen LogP contribution in [0.1, 0.15) is 150 Å². The summed E-state index contributed by atoms with van der Waals surface area (Å²) in [4.78, 5) is 0. The Morgan fingerprint density at radius 1 is 0.814 bits per heavy atom. The molecule has 0 saturated heterocycles. The molecule has 0 radical (unpaired) electrons. The van der Waals surface area contributed by atoms with E-state index in [9.17, 15) is 26.3 Å². The van der Waals surface area contributed by atoms with Crippen LogP contribution in [0.5, 0.6) is 0 Å². The number of alkyl halides is 6. The Labute approximate surface area is 253 Å². The van der Waals surface area contributed by atoms with E-state index in [4.69, 9.17) is 0 Å². The number of unbranched alkanes of at least 4 members (excludes halogenated alkanes) is 6. The summed E-state index contributed by atoms with van der Waals surface area (Å²) < 4.78 is 104. The highest BCUT2D eigenvalue weighted by Gasteiger charge is 2.68. The van der Waals surface area contributed by atoms with E-state index in [1.165, 1.54) is 13.3 Å². The molecule has 2 heterocycles. The maximum absolute atomic E-state index is 15.9. The molecule has 0 spiro atoms. The maximum atomic E-state index is 15.9. The summed E-state index contributed by atoms with van der Waals surface area (Å²) in [5.41, 5.74) is -3.73. The van der Waals surface area contributed by atoms with Crippen molar-refractivity contribution < 1.29 is 35.2 Å². The quantitative estimate of drug-likeness (QED) is 0.117. The fraction of sp³-hybridized carbons (Fsp3) is 0.714. The molecule has 1 fully saturated rings. The van der Waals surface area contributed by atoms with Crippen LogP contribution in [0.25, 0.3) is 0 Å². The third-order valence-corrected chi connectivity index (χ3v) is 10.6. The van der Waals surface area contributed by atoms with E-state index in [-0.39, 0.29) is 21.5 Å². The van der Waals surface area contributed by atoms with Crippen LogP contribution in [0, 0.1) is 18.7 Å². The predicted molar refractivity (Wildman–Crippen MR) is 158 cm³/mol. The number of halogens is 7. The average molecular weight is 617 g/mol. The van der Waals surface area contributed by atoms with E-state index in [1.807, 2.05) is 27.0 Å². The summed E-state index contributed by atoms with van der Waals surface area (Å²) in [6.45, 7) is 7.33. The zero-order valence-corrected chi connectivity index (χ0v) is 26.5. The van der Waals surface area contributed by atoms with Crippen LogP contribution in [-0.2, 0) is 12.4 Å². The number of rotatable bonds is 13. The molecule has 43 heavy (non-hydrogen) atoms. The minimum Gasteiger partial charge on any atom is -0.285 e. The lowest BCUT2D eigenvalue weighted by Crippen LogP contribution is -2.67. The number of benzene rings is 1. The van der Waals surface area contributed by atoms with Gasteiger partial charge in [0.2, 0.25) is 0 Å². The van der Waals surface area contributed by atoms with Gasteiger partial charge in [-0.1, -0.05) is 72.1 Å². The first-order chi connectivity index (χ1) is 20.2. The number of likely N-dealkylation sites (N-methyl/N-ethyl adjacent to an activating group) is 1. The van der Waals surface area contributed by atoms with Crippen molar-refractivity contribution in [2.45, 2.75) is 147 Å². The van der Waals surface area contributed by atoms with Gasteiger partial charge in [-0.2, -0.15) is 26.3 Å². The summed E-state index contributed by atoms with van der Waals surface area (Å²) in [7, 11) is 2.01. The molecule has 242 valence electrons. The Kier molecular flexibility index (Phi) is 10.2. The van der Waals surface area contributed by atoms with Gasteiger partial charge in [0.05, 0.1) is 24.4 Å². The van der Waals surface area contributed by atoms with E-state index in [0.29, 0.717) is 19.3 Å². The molecule has 1 aliphatic carbocycles. The topological polar surface area (TPSA) is 0 Å². The van der Waals surface area contributed by atoms with Crippen LogP contribution >= 0.6 is 0 Å². The molecule has 4 unspecified atom stereocenters. The van der Waals surface area contributed by atoms with Crippen LogP contribution in [0.3, 0.4) is 0 Å². The Bertz CT molecular complexity index is 1210. The van der Waals surface area contributed by atoms with Gasteiger partial charge in [0, 0.05) is 23.8 Å². The van der Waals surface area contributed by atoms with Crippen LogP contribution in [0.4, 0.5) is 30.7 Å². The summed E-state index contributed by atoms with van der Waals surface area (Å²) in [6.07, 6.45) is 7.64. The lowest BCUT2D eigenvalue weighted by Gasteiger charge is -2.61. The number of hydrogen-bond acceptors (Lipinski definition) is 0. The zero-order chi connectivity index (χ0) is 31.8. The Balaban J connectivity index is 2.02. The second-order valence-electron chi connectivity index (χ2n) is 13.4. The van der Waals surface area contributed by atoms with Crippen molar-refractivity contribution in [1.82, 2.24) is 0 Å². The van der Waals surface area contributed by atoms with Crippen LogP contribution in [0.15, 0.2) is 23.9 Å². The van der Waals surface area contributed by atoms with Crippen LogP contribution in [0.2, 0.25) is 0 Å². The highest BCUT2D eigenvalue weighted by atomic mass is 19.4. The van der Waals surface area contributed by atoms with Crippen molar-refractivity contribution in [3.05, 3.63) is 57.6 Å². The maximum Gasteiger partial charge on any atom is 0.419 e. The highest BCUT2D eigenvalue weighted by Crippen LogP contribution is 2.66. The number of fused-ring (bicyclic) bond motifs is 3. The van der Waals surface area contributed by atoms with Crippen molar-refractivity contribution in [2.24, 2.45) is 5.92 Å². The molecule has 2 aliphatic heterocycles. The first-order valence-electron chi connectivity index (χ1n) is 16.5. The lowest BCUT2D eigenvalue weighted by molar-refractivity contribution is -0.945. The molecule has 4 rings (SSSR count). The van der Waals surface area contributed by atoms with Crippen molar-refractivity contribution in [3.8, 4) is 0 Å². The van der Waals surface area contributed by atoms with Crippen molar-refractivity contribution in [2.75, 3.05) is 7.05 Å². The Morgan fingerprint density at radius 2 is 1.42 bits per heavy atom. The third-order valence-electron chi connectivity index (χ3n) is 10.6. The van der Waals surface area contributed by atoms with Crippen molar-refractivity contribution in [3.63, 3.8) is 0 Å². The second kappa shape index (κ2) is 12.9. The molecule has 1 aromatic carbocycles. The van der Waals surface area contributed by atoms with Gasteiger partial charge in [0.1, 0.15) is 17.4 Å². The Morgan fingerprint density at radius 3 is 1.98 bits per heavy atom. The molecule has 0 N–H and O–H groups in total. The summed E-state index contributed by atoms with van der Waals surface area (Å²) >= 11 is 0. The molecule has 1 aromatic rings. The number of nitrogens with zero attached hydrogens (tertiary/aromatic N) is 1. The van der Waals surface area contributed by atoms with Gasteiger partial charge in [0.25, 0.3) is 0 Å².